The van der Waals surface area contributed by atoms with Crippen molar-refractivity contribution < 1.29 is 13.2 Å². The van der Waals surface area contributed by atoms with E-state index >= 15 is 0 Å². The van der Waals surface area contributed by atoms with Gasteiger partial charge in [-0.15, -0.1) is 11.3 Å². The molecule has 2 aliphatic rings. The van der Waals surface area contributed by atoms with Crippen molar-refractivity contribution >= 4 is 55.2 Å². The lowest BCUT2D eigenvalue weighted by molar-refractivity contribution is -0.134. The second kappa shape index (κ2) is 9.06. The highest BCUT2D eigenvalue weighted by Gasteiger charge is 2.33. The number of carbonyl (C=O) groups excluding carboxylic acids is 1. The van der Waals surface area contributed by atoms with Crippen LogP contribution in [0.5, 0.6) is 0 Å². The minimum atomic E-state index is -3.74. The van der Waals surface area contributed by atoms with E-state index < -0.39 is 10.0 Å². The predicted octanol–water partition coefficient (Wildman–Crippen LogP) is 3.63. The number of nitrogens with zero attached hydrogens (tertiary/aromatic N) is 4. The summed E-state index contributed by atoms with van der Waals surface area (Å²) >= 11 is 7.20. The first kappa shape index (κ1) is 22.3. The first-order valence-electron chi connectivity index (χ1n) is 10.7. The molecule has 2 aliphatic heterocycles. The lowest BCUT2D eigenvalue weighted by atomic mass is 10.1. The smallest absolute Gasteiger partial charge is 0.253 e. The van der Waals surface area contributed by atoms with Crippen molar-refractivity contribution in [1.29, 1.82) is 0 Å². The Bertz CT molecular complexity index is 1320. The number of amides is 1. The van der Waals surface area contributed by atoms with Gasteiger partial charge in [0, 0.05) is 42.4 Å². The monoisotopic (exact) mass is 502 g/mol. The van der Waals surface area contributed by atoms with E-state index in [4.69, 9.17) is 11.6 Å². The molecule has 0 bridgehead atoms. The first-order chi connectivity index (χ1) is 15.9. The Hall–Kier alpha value is -2.46. The average molecular weight is 503 g/mol. The molecule has 7 nitrogen and oxygen atoms in total. The number of piperazine rings is 1. The van der Waals surface area contributed by atoms with Crippen LogP contribution in [0, 0.1) is 0 Å². The minimum absolute atomic E-state index is 0.155. The zero-order valence-corrected chi connectivity index (χ0v) is 20.2. The molecule has 0 aliphatic carbocycles. The number of benzene rings is 2. The average Bonchev–Trinajstić information content (AvgIpc) is 3.19. The van der Waals surface area contributed by atoms with Crippen molar-refractivity contribution in [2.75, 3.05) is 32.7 Å². The van der Waals surface area contributed by atoms with Crippen LogP contribution in [0.1, 0.15) is 17.5 Å². The second-order valence-corrected chi connectivity index (χ2v) is 11.9. The summed E-state index contributed by atoms with van der Waals surface area (Å²) in [6.45, 7) is 2.94. The summed E-state index contributed by atoms with van der Waals surface area (Å²) in [5.41, 5.74) is 2.01. The number of thiophene rings is 1. The molecule has 3 aromatic rings. The number of carbonyl (C=O) groups is 1. The van der Waals surface area contributed by atoms with Gasteiger partial charge in [0.05, 0.1) is 12.8 Å². The van der Waals surface area contributed by atoms with E-state index in [-0.39, 0.29) is 23.2 Å². The van der Waals surface area contributed by atoms with Gasteiger partial charge in [0.15, 0.2) is 0 Å². The highest BCUT2D eigenvalue weighted by molar-refractivity contribution is 7.91. The van der Waals surface area contributed by atoms with E-state index in [1.807, 2.05) is 35.5 Å². The molecular formula is C23H23ClN4O3S2. The fourth-order valence-electron chi connectivity index (χ4n) is 3.79. The summed E-state index contributed by atoms with van der Waals surface area (Å²) in [6.07, 6.45) is 3.04. The zero-order chi connectivity index (χ0) is 23.0. The van der Waals surface area contributed by atoms with Gasteiger partial charge in [0.2, 0.25) is 5.91 Å². The van der Waals surface area contributed by atoms with Crippen LogP contribution in [-0.2, 0) is 21.4 Å². The Balaban J connectivity index is 1.22. The molecule has 1 amide bonds. The van der Waals surface area contributed by atoms with Crippen LogP contribution in [0.4, 0.5) is 0 Å². The summed E-state index contributed by atoms with van der Waals surface area (Å²) in [4.78, 5) is 14.5. The molecule has 0 saturated carbocycles. The molecule has 1 aromatic heterocycles. The molecule has 0 atom stereocenters. The Morgan fingerprint density at radius 1 is 1.03 bits per heavy atom. The molecule has 2 saturated heterocycles. The number of hydrogen-bond acceptors (Lipinski definition) is 6. The van der Waals surface area contributed by atoms with Crippen LogP contribution in [0.15, 0.2) is 57.8 Å². The van der Waals surface area contributed by atoms with Crippen molar-refractivity contribution in [2.45, 2.75) is 17.2 Å². The number of rotatable bonds is 6. The van der Waals surface area contributed by atoms with Crippen molar-refractivity contribution in [1.82, 2.24) is 14.2 Å². The van der Waals surface area contributed by atoms with Gasteiger partial charge in [-0.3, -0.25) is 9.80 Å². The van der Waals surface area contributed by atoms with Gasteiger partial charge in [-0.25, -0.2) is 8.42 Å². The Morgan fingerprint density at radius 2 is 1.82 bits per heavy atom. The molecule has 3 heterocycles. The molecule has 2 fully saturated rings. The predicted molar refractivity (Wildman–Crippen MR) is 131 cm³/mol. The molecule has 172 valence electrons. The SMILES string of the molecule is O=C1CN(S(=O)(=O)c2cc3ccc(Cl)cc3s2)CCN1Cc1ccc(C=NN2CCC2)cc1. The summed E-state index contributed by atoms with van der Waals surface area (Å²) in [7, 11) is -3.74. The number of fused-ring (bicyclic) bond motifs is 1. The Morgan fingerprint density at radius 3 is 2.52 bits per heavy atom. The number of hydrazone groups is 1. The van der Waals surface area contributed by atoms with Gasteiger partial charge in [0.25, 0.3) is 10.0 Å². The van der Waals surface area contributed by atoms with Crippen LogP contribution in [0.2, 0.25) is 5.02 Å². The zero-order valence-electron chi connectivity index (χ0n) is 17.9. The molecule has 5 rings (SSSR count). The largest absolute Gasteiger partial charge is 0.336 e. The van der Waals surface area contributed by atoms with Crippen LogP contribution < -0.4 is 0 Å². The minimum Gasteiger partial charge on any atom is -0.336 e. The lowest BCUT2D eigenvalue weighted by Gasteiger charge is -2.33. The second-order valence-electron chi connectivity index (χ2n) is 8.19. The first-order valence-corrected chi connectivity index (χ1v) is 13.4. The fourth-order valence-corrected chi connectivity index (χ4v) is 7.00. The van der Waals surface area contributed by atoms with Crippen molar-refractivity contribution in [2.24, 2.45) is 5.10 Å². The molecule has 0 spiro atoms. The molecule has 0 N–H and O–H groups in total. The van der Waals surface area contributed by atoms with Crippen LogP contribution >= 0.6 is 22.9 Å². The molecule has 10 heteroatoms. The van der Waals surface area contributed by atoms with Gasteiger partial charge >= 0.3 is 0 Å². The summed E-state index contributed by atoms with van der Waals surface area (Å²) in [5, 5.41) is 7.82. The number of hydrogen-bond donors (Lipinski definition) is 0. The maximum absolute atomic E-state index is 13.1. The Labute approximate surface area is 201 Å². The normalized spacial score (nSPS) is 17.8. The molecule has 0 unspecified atom stereocenters. The number of sulfonamides is 1. The highest BCUT2D eigenvalue weighted by atomic mass is 35.5. The van der Waals surface area contributed by atoms with Gasteiger partial charge in [0.1, 0.15) is 4.21 Å². The van der Waals surface area contributed by atoms with Gasteiger partial charge in [-0.1, -0.05) is 41.9 Å². The van der Waals surface area contributed by atoms with E-state index in [1.54, 1.807) is 29.2 Å². The maximum Gasteiger partial charge on any atom is 0.253 e. The third-order valence-electron chi connectivity index (χ3n) is 5.89. The Kier molecular flexibility index (Phi) is 6.13. The third-order valence-corrected chi connectivity index (χ3v) is 9.52. The maximum atomic E-state index is 13.1. The van der Waals surface area contributed by atoms with E-state index in [9.17, 15) is 13.2 Å². The molecule has 33 heavy (non-hydrogen) atoms. The van der Waals surface area contributed by atoms with E-state index in [2.05, 4.69) is 5.10 Å². The van der Waals surface area contributed by atoms with Crippen molar-refractivity contribution in [3.63, 3.8) is 0 Å². The van der Waals surface area contributed by atoms with Gasteiger partial charge in [-0.2, -0.15) is 9.41 Å². The highest BCUT2D eigenvalue weighted by Crippen LogP contribution is 2.33. The molecule has 2 aromatic carbocycles. The standard InChI is InChI=1S/C23H23ClN4O3S2/c24-20-7-6-19-12-23(32-21(19)13-20)33(30,31)28-11-10-26(22(29)16-28)15-18-4-2-17(3-5-18)14-25-27-8-1-9-27/h2-7,12-14H,1,8-11,15-16H2. The van der Waals surface area contributed by atoms with Gasteiger partial charge in [-0.05, 0) is 41.1 Å². The van der Waals surface area contributed by atoms with Crippen molar-refractivity contribution in [3.8, 4) is 0 Å². The molecular weight excluding hydrogens is 480 g/mol. The van der Waals surface area contributed by atoms with E-state index in [1.165, 1.54) is 22.1 Å². The van der Waals surface area contributed by atoms with Crippen LogP contribution in [-0.4, -0.2) is 67.5 Å². The summed E-state index contributed by atoms with van der Waals surface area (Å²) < 4.78 is 28.6. The van der Waals surface area contributed by atoms with E-state index in [0.717, 1.165) is 34.3 Å². The topological polar surface area (TPSA) is 73.3 Å². The quantitative estimate of drug-likeness (QED) is 0.482. The number of halogens is 1. The summed E-state index contributed by atoms with van der Waals surface area (Å²) in [6, 6.07) is 14.9. The third kappa shape index (κ3) is 4.77. The summed E-state index contributed by atoms with van der Waals surface area (Å²) in [5.74, 6) is -0.197. The van der Waals surface area contributed by atoms with Crippen LogP contribution in [0.3, 0.4) is 0 Å². The van der Waals surface area contributed by atoms with Gasteiger partial charge < -0.3 is 4.90 Å². The van der Waals surface area contributed by atoms with Crippen molar-refractivity contribution in [3.05, 3.63) is 64.7 Å². The van der Waals surface area contributed by atoms with Crippen LogP contribution in [0.25, 0.3) is 10.1 Å². The lowest BCUT2D eigenvalue weighted by Crippen LogP contribution is -2.51. The molecule has 0 radical (unpaired) electrons. The fraction of sp³-hybridized carbons (Fsp3) is 0.304. The van der Waals surface area contributed by atoms with E-state index in [0.29, 0.717) is 18.1 Å².